The van der Waals surface area contributed by atoms with Gasteiger partial charge >= 0.3 is 0 Å². The summed E-state index contributed by atoms with van der Waals surface area (Å²) in [5, 5.41) is 0.738. The Kier molecular flexibility index (Phi) is 4.29. The van der Waals surface area contributed by atoms with E-state index in [9.17, 15) is 0 Å². The minimum Gasteiger partial charge on any atom is -0.285 e. The predicted molar refractivity (Wildman–Crippen MR) is 88.3 cm³/mol. The largest absolute Gasteiger partial charge is 0.285 e. The Balaban J connectivity index is 1.69. The van der Waals surface area contributed by atoms with E-state index >= 15 is 0 Å². The third-order valence-electron chi connectivity index (χ3n) is 3.97. The zero-order chi connectivity index (χ0) is 14.7. The van der Waals surface area contributed by atoms with Gasteiger partial charge in [-0.1, -0.05) is 53.8 Å². The Morgan fingerprint density at radius 3 is 2.76 bits per heavy atom. The highest BCUT2D eigenvalue weighted by atomic mass is 35.5. The third kappa shape index (κ3) is 3.47. The molecule has 106 valence electrons. The molecule has 1 atom stereocenters. The smallest absolute Gasteiger partial charge is 0.0610 e. The quantitative estimate of drug-likeness (QED) is 0.715. The van der Waals surface area contributed by atoms with Gasteiger partial charge in [0.1, 0.15) is 0 Å². The van der Waals surface area contributed by atoms with Crippen LogP contribution >= 0.6 is 11.6 Å². The first-order chi connectivity index (χ1) is 10.2. The van der Waals surface area contributed by atoms with Gasteiger partial charge in [0.2, 0.25) is 0 Å². The summed E-state index contributed by atoms with van der Waals surface area (Å²) in [6.45, 7) is 4.06. The zero-order valence-electron chi connectivity index (χ0n) is 12.1. The molecule has 0 fully saturated rings. The maximum Gasteiger partial charge on any atom is 0.0610 e. The van der Waals surface area contributed by atoms with Crippen molar-refractivity contribution in [2.75, 3.05) is 6.54 Å². The summed E-state index contributed by atoms with van der Waals surface area (Å²) in [5.74, 6) is 6.48. The van der Waals surface area contributed by atoms with Gasteiger partial charge in [-0.15, -0.1) is 0 Å². The number of nitrogens with zero attached hydrogens (tertiary/aromatic N) is 1. The lowest BCUT2D eigenvalue weighted by molar-refractivity contribution is 0.209. The van der Waals surface area contributed by atoms with E-state index in [-0.39, 0.29) is 0 Å². The molecule has 2 heteroatoms. The molecule has 0 bridgehead atoms. The maximum absolute atomic E-state index is 5.97. The van der Waals surface area contributed by atoms with E-state index in [2.05, 4.69) is 47.9 Å². The molecule has 21 heavy (non-hydrogen) atoms. The van der Waals surface area contributed by atoms with Crippen LogP contribution in [0.2, 0.25) is 5.02 Å². The van der Waals surface area contributed by atoms with Gasteiger partial charge in [0, 0.05) is 23.2 Å². The number of rotatable bonds is 1. The first kappa shape index (κ1) is 14.2. The van der Waals surface area contributed by atoms with Crippen LogP contribution in [0.4, 0.5) is 0 Å². The van der Waals surface area contributed by atoms with E-state index < -0.39 is 0 Å². The molecule has 2 aromatic carbocycles. The molecule has 1 heterocycles. The van der Waals surface area contributed by atoms with Crippen LogP contribution in [-0.4, -0.2) is 17.5 Å². The molecule has 3 rings (SSSR count). The van der Waals surface area contributed by atoms with Crippen LogP contribution in [-0.2, 0) is 13.0 Å². The fourth-order valence-electron chi connectivity index (χ4n) is 2.75. The van der Waals surface area contributed by atoms with Crippen molar-refractivity contribution in [2.24, 2.45) is 0 Å². The van der Waals surface area contributed by atoms with Crippen molar-refractivity contribution in [3.8, 4) is 11.8 Å². The fourth-order valence-corrected chi connectivity index (χ4v) is 2.94. The average molecular weight is 296 g/mol. The molecule has 0 saturated heterocycles. The van der Waals surface area contributed by atoms with Crippen LogP contribution < -0.4 is 0 Å². The highest BCUT2D eigenvalue weighted by Gasteiger charge is 2.21. The fraction of sp³-hybridized carbons (Fsp3) is 0.263. The van der Waals surface area contributed by atoms with E-state index in [0.29, 0.717) is 6.04 Å². The van der Waals surface area contributed by atoms with E-state index in [1.165, 1.54) is 11.1 Å². The van der Waals surface area contributed by atoms with Crippen molar-refractivity contribution >= 4 is 11.6 Å². The topological polar surface area (TPSA) is 3.24 Å². The maximum atomic E-state index is 5.97. The summed E-state index contributed by atoms with van der Waals surface area (Å²) in [6.07, 6.45) is 1.11. The van der Waals surface area contributed by atoms with Crippen LogP contribution in [0.3, 0.4) is 0 Å². The Bertz CT molecular complexity index is 696. The van der Waals surface area contributed by atoms with Gasteiger partial charge in [-0.25, -0.2) is 0 Å². The Morgan fingerprint density at radius 1 is 1.14 bits per heavy atom. The summed E-state index contributed by atoms with van der Waals surface area (Å²) in [5.41, 5.74) is 3.89. The van der Waals surface area contributed by atoms with Crippen LogP contribution in [0.25, 0.3) is 0 Å². The van der Waals surface area contributed by atoms with Crippen molar-refractivity contribution in [1.82, 2.24) is 4.90 Å². The molecule has 1 nitrogen and oxygen atoms in total. The number of halogens is 1. The minimum absolute atomic E-state index is 0.536. The monoisotopic (exact) mass is 295 g/mol. The van der Waals surface area contributed by atoms with Gasteiger partial charge in [0.25, 0.3) is 0 Å². The van der Waals surface area contributed by atoms with E-state index in [1.54, 1.807) is 0 Å². The summed E-state index contributed by atoms with van der Waals surface area (Å²) in [4.78, 5) is 2.43. The first-order valence-electron chi connectivity index (χ1n) is 7.27. The summed E-state index contributed by atoms with van der Waals surface area (Å²) in [7, 11) is 0. The second-order valence-electron chi connectivity index (χ2n) is 5.54. The Labute approximate surface area is 131 Å². The highest BCUT2D eigenvalue weighted by molar-refractivity contribution is 6.30. The SMILES string of the molecule is CC1Cc2ccccc2CN1CC#Cc1cccc(Cl)c1. The number of fused-ring (bicyclic) bond motifs is 1. The normalized spacial score (nSPS) is 17.7. The van der Waals surface area contributed by atoms with Gasteiger partial charge in [-0.05, 0) is 42.7 Å². The molecule has 0 amide bonds. The molecule has 1 unspecified atom stereocenters. The molecule has 1 aliphatic heterocycles. The number of hydrogen-bond donors (Lipinski definition) is 0. The molecule has 0 N–H and O–H groups in total. The van der Waals surface area contributed by atoms with Crippen molar-refractivity contribution in [2.45, 2.75) is 25.9 Å². The van der Waals surface area contributed by atoms with Gasteiger partial charge in [0.15, 0.2) is 0 Å². The third-order valence-corrected chi connectivity index (χ3v) is 4.21. The van der Waals surface area contributed by atoms with E-state index in [0.717, 1.165) is 30.1 Å². The number of hydrogen-bond acceptors (Lipinski definition) is 1. The summed E-state index contributed by atoms with van der Waals surface area (Å²) >= 11 is 5.97. The lowest BCUT2D eigenvalue weighted by Crippen LogP contribution is -2.38. The lowest BCUT2D eigenvalue weighted by atomic mass is 9.95. The molecule has 0 spiro atoms. The molecule has 1 aliphatic rings. The van der Waals surface area contributed by atoms with Crippen molar-refractivity contribution in [3.63, 3.8) is 0 Å². The zero-order valence-corrected chi connectivity index (χ0v) is 12.9. The molecule has 0 aromatic heterocycles. The summed E-state index contributed by atoms with van der Waals surface area (Å²) < 4.78 is 0. The molecule has 0 saturated carbocycles. The lowest BCUT2D eigenvalue weighted by Gasteiger charge is -2.33. The van der Waals surface area contributed by atoms with Crippen LogP contribution in [0.1, 0.15) is 23.6 Å². The van der Waals surface area contributed by atoms with Crippen LogP contribution in [0.5, 0.6) is 0 Å². The van der Waals surface area contributed by atoms with Gasteiger partial charge < -0.3 is 0 Å². The molecule has 0 radical (unpaired) electrons. The van der Waals surface area contributed by atoms with E-state index in [4.69, 9.17) is 11.6 Å². The predicted octanol–water partition coefficient (Wildman–Crippen LogP) is 4.14. The Hall–Kier alpha value is -1.75. The van der Waals surface area contributed by atoms with Crippen LogP contribution in [0.15, 0.2) is 48.5 Å². The average Bonchev–Trinajstić information content (AvgIpc) is 2.48. The van der Waals surface area contributed by atoms with Gasteiger partial charge in [-0.3, -0.25) is 4.90 Å². The van der Waals surface area contributed by atoms with Crippen molar-refractivity contribution < 1.29 is 0 Å². The molecular formula is C19H18ClN. The minimum atomic E-state index is 0.536. The standard InChI is InChI=1S/C19H18ClN/c1-15-12-17-8-2-3-9-18(17)14-21(15)11-5-7-16-6-4-10-19(20)13-16/h2-4,6,8-10,13,15H,11-12,14H2,1H3. The van der Waals surface area contributed by atoms with Gasteiger partial charge in [-0.2, -0.15) is 0 Å². The summed E-state index contributed by atoms with van der Waals surface area (Å²) in [6, 6.07) is 16.9. The molecular weight excluding hydrogens is 278 g/mol. The molecule has 0 aliphatic carbocycles. The second kappa shape index (κ2) is 6.35. The van der Waals surface area contributed by atoms with Crippen LogP contribution in [0, 0.1) is 11.8 Å². The Morgan fingerprint density at radius 2 is 1.95 bits per heavy atom. The van der Waals surface area contributed by atoms with Crippen molar-refractivity contribution in [3.05, 3.63) is 70.2 Å². The van der Waals surface area contributed by atoms with Crippen molar-refractivity contribution in [1.29, 1.82) is 0 Å². The van der Waals surface area contributed by atoms with Gasteiger partial charge in [0.05, 0.1) is 6.54 Å². The van der Waals surface area contributed by atoms with E-state index in [1.807, 2.05) is 24.3 Å². The second-order valence-corrected chi connectivity index (χ2v) is 5.98. The first-order valence-corrected chi connectivity index (χ1v) is 7.65. The highest BCUT2D eigenvalue weighted by Crippen LogP contribution is 2.22. The molecule has 2 aromatic rings. The number of benzene rings is 2.